The van der Waals surface area contributed by atoms with Gasteiger partial charge >= 0.3 is 0 Å². The van der Waals surface area contributed by atoms with Crippen molar-refractivity contribution in [1.82, 2.24) is 4.57 Å². The molecule has 0 saturated carbocycles. The lowest BCUT2D eigenvalue weighted by Gasteiger charge is -2.07. The second kappa shape index (κ2) is 6.37. The number of hydrogen-bond acceptors (Lipinski definition) is 2. The summed E-state index contributed by atoms with van der Waals surface area (Å²) >= 11 is 0. The summed E-state index contributed by atoms with van der Waals surface area (Å²) in [5.41, 5.74) is 13.2. The first-order chi connectivity index (χ1) is 13.1. The molecule has 4 aromatic rings. The molecule has 2 N–H and O–H groups in total. The number of nitriles is 1. The second-order valence-electron chi connectivity index (χ2n) is 6.40. The van der Waals surface area contributed by atoms with Crippen LogP contribution in [-0.4, -0.2) is 4.57 Å². The average Bonchev–Trinajstić information content (AvgIpc) is 3.08. The van der Waals surface area contributed by atoms with E-state index < -0.39 is 0 Å². The van der Waals surface area contributed by atoms with Crippen LogP contribution in [-0.2, 0) is 0 Å². The largest absolute Gasteiger partial charge is 0.398 e. The van der Waals surface area contributed by atoms with E-state index in [1.165, 1.54) is 0 Å². The lowest BCUT2D eigenvalue weighted by Crippen LogP contribution is -1.92. The van der Waals surface area contributed by atoms with Crippen LogP contribution in [0.1, 0.15) is 11.1 Å². The van der Waals surface area contributed by atoms with Crippen molar-refractivity contribution in [3.8, 4) is 22.9 Å². The molecule has 0 fully saturated rings. The number of fused-ring (bicyclic) bond motifs is 1. The van der Waals surface area contributed by atoms with Crippen molar-refractivity contribution in [2.24, 2.45) is 0 Å². The molecule has 0 saturated heterocycles. The van der Waals surface area contributed by atoms with Crippen LogP contribution < -0.4 is 5.73 Å². The van der Waals surface area contributed by atoms with Gasteiger partial charge in [0, 0.05) is 23.1 Å². The molecule has 0 aliphatic carbocycles. The molecule has 0 spiro atoms. The molecule has 27 heavy (non-hydrogen) atoms. The SMILES string of the molecule is [C-]#[N+]c1ccc2c(c1)c(-c1cccc(N)c1C)cn2-c1ccc(C#N)cc1. The summed E-state index contributed by atoms with van der Waals surface area (Å²) in [5, 5.41) is 10.0. The van der Waals surface area contributed by atoms with Gasteiger partial charge in [-0.15, -0.1) is 0 Å². The lowest BCUT2D eigenvalue weighted by atomic mass is 9.99. The van der Waals surface area contributed by atoms with Crippen LogP contribution in [0.4, 0.5) is 11.4 Å². The predicted octanol–water partition coefficient (Wildman–Crippen LogP) is 5.61. The molecule has 0 bridgehead atoms. The van der Waals surface area contributed by atoms with Crippen LogP contribution in [0.25, 0.3) is 32.6 Å². The zero-order valence-electron chi connectivity index (χ0n) is 14.8. The minimum Gasteiger partial charge on any atom is -0.398 e. The molecule has 128 valence electrons. The molecule has 1 heterocycles. The fourth-order valence-electron chi connectivity index (χ4n) is 3.36. The number of anilines is 1. The number of hydrogen-bond donors (Lipinski definition) is 1. The number of nitrogens with zero attached hydrogens (tertiary/aromatic N) is 3. The minimum absolute atomic E-state index is 0.600. The molecule has 0 unspecified atom stereocenters. The Balaban J connectivity index is 2.03. The molecule has 4 nitrogen and oxygen atoms in total. The highest BCUT2D eigenvalue weighted by Gasteiger charge is 2.14. The van der Waals surface area contributed by atoms with Gasteiger partial charge in [-0.3, -0.25) is 0 Å². The summed E-state index contributed by atoms with van der Waals surface area (Å²) in [5.74, 6) is 0. The number of aromatic nitrogens is 1. The fraction of sp³-hybridized carbons (Fsp3) is 0.0435. The summed E-state index contributed by atoms with van der Waals surface area (Å²) in [7, 11) is 0. The highest BCUT2D eigenvalue weighted by Crippen LogP contribution is 2.37. The zero-order valence-corrected chi connectivity index (χ0v) is 14.8. The quantitative estimate of drug-likeness (QED) is 0.378. The van der Waals surface area contributed by atoms with Gasteiger partial charge in [0.1, 0.15) is 0 Å². The fourth-order valence-corrected chi connectivity index (χ4v) is 3.36. The Morgan fingerprint density at radius 1 is 1.04 bits per heavy atom. The third kappa shape index (κ3) is 2.70. The van der Waals surface area contributed by atoms with E-state index in [0.29, 0.717) is 11.3 Å². The Bertz CT molecular complexity index is 1250. The van der Waals surface area contributed by atoms with Gasteiger partial charge in [0.2, 0.25) is 0 Å². The molecule has 4 heteroatoms. The Labute approximate surface area is 157 Å². The summed E-state index contributed by atoms with van der Waals surface area (Å²) in [4.78, 5) is 3.58. The maximum atomic E-state index is 9.04. The Hall–Kier alpha value is -4.02. The van der Waals surface area contributed by atoms with Crippen molar-refractivity contribution in [3.63, 3.8) is 0 Å². The summed E-state index contributed by atoms with van der Waals surface area (Å²) < 4.78 is 2.09. The van der Waals surface area contributed by atoms with E-state index in [1.807, 2.05) is 55.5 Å². The number of nitrogen functional groups attached to an aromatic ring is 1. The number of benzene rings is 3. The van der Waals surface area contributed by atoms with Gasteiger partial charge in [0.25, 0.3) is 0 Å². The van der Waals surface area contributed by atoms with Crippen molar-refractivity contribution in [3.05, 3.63) is 89.4 Å². The Kier molecular flexibility index (Phi) is 3.88. The minimum atomic E-state index is 0.600. The average molecular weight is 348 g/mol. The second-order valence-corrected chi connectivity index (χ2v) is 6.40. The van der Waals surface area contributed by atoms with Crippen molar-refractivity contribution in [2.45, 2.75) is 6.92 Å². The highest BCUT2D eigenvalue weighted by atomic mass is 15.0. The van der Waals surface area contributed by atoms with E-state index in [-0.39, 0.29) is 0 Å². The van der Waals surface area contributed by atoms with Gasteiger partial charge in [-0.2, -0.15) is 5.26 Å². The van der Waals surface area contributed by atoms with E-state index in [9.17, 15) is 0 Å². The van der Waals surface area contributed by atoms with Crippen molar-refractivity contribution >= 4 is 22.3 Å². The topological polar surface area (TPSA) is 59.1 Å². The first-order valence-corrected chi connectivity index (χ1v) is 8.51. The van der Waals surface area contributed by atoms with E-state index in [4.69, 9.17) is 17.6 Å². The van der Waals surface area contributed by atoms with Crippen LogP contribution in [0, 0.1) is 24.8 Å². The molecule has 0 atom stereocenters. The van der Waals surface area contributed by atoms with Crippen LogP contribution in [0.3, 0.4) is 0 Å². The van der Waals surface area contributed by atoms with Crippen LogP contribution in [0.15, 0.2) is 66.9 Å². The summed E-state index contributed by atoms with van der Waals surface area (Å²) in [6.07, 6.45) is 2.07. The van der Waals surface area contributed by atoms with E-state index in [1.54, 1.807) is 12.1 Å². The maximum Gasteiger partial charge on any atom is 0.188 e. The normalized spacial score (nSPS) is 10.5. The number of nitrogens with two attached hydrogens (primary N) is 1. The predicted molar refractivity (Wildman–Crippen MR) is 109 cm³/mol. The summed E-state index contributed by atoms with van der Waals surface area (Å²) in [6, 6.07) is 21.2. The maximum absolute atomic E-state index is 9.04. The third-order valence-electron chi connectivity index (χ3n) is 4.86. The van der Waals surface area contributed by atoms with Gasteiger partial charge in [0.05, 0.1) is 23.7 Å². The smallest absolute Gasteiger partial charge is 0.188 e. The monoisotopic (exact) mass is 348 g/mol. The third-order valence-corrected chi connectivity index (χ3v) is 4.86. The Morgan fingerprint density at radius 2 is 1.81 bits per heavy atom. The Morgan fingerprint density at radius 3 is 2.52 bits per heavy atom. The first kappa shape index (κ1) is 16.4. The molecule has 3 aromatic carbocycles. The van der Waals surface area contributed by atoms with Gasteiger partial charge in [-0.05, 0) is 65.9 Å². The first-order valence-electron chi connectivity index (χ1n) is 8.51. The van der Waals surface area contributed by atoms with Gasteiger partial charge in [-0.1, -0.05) is 18.2 Å². The molecule has 0 amide bonds. The van der Waals surface area contributed by atoms with Gasteiger partial charge in [-0.25, -0.2) is 4.85 Å². The van der Waals surface area contributed by atoms with E-state index in [0.717, 1.165) is 39.0 Å². The summed E-state index contributed by atoms with van der Waals surface area (Å²) in [6.45, 7) is 9.36. The van der Waals surface area contributed by atoms with E-state index >= 15 is 0 Å². The molecule has 0 aliphatic rings. The van der Waals surface area contributed by atoms with Crippen LogP contribution in [0.2, 0.25) is 0 Å². The van der Waals surface area contributed by atoms with Crippen LogP contribution in [0.5, 0.6) is 0 Å². The molecule has 1 aromatic heterocycles. The number of rotatable bonds is 2. The standard InChI is InChI=1S/C23H16N4/c1-15-19(4-3-5-22(15)25)21-14-27(18-9-6-16(13-24)7-10-18)23-11-8-17(26-2)12-20(21)23/h3-12,14H,25H2,1H3. The molecule has 0 radical (unpaired) electrons. The van der Waals surface area contributed by atoms with Gasteiger partial charge < -0.3 is 10.3 Å². The molecule has 4 rings (SSSR count). The van der Waals surface area contributed by atoms with Crippen molar-refractivity contribution < 1.29 is 0 Å². The lowest BCUT2D eigenvalue weighted by molar-refractivity contribution is 1.13. The van der Waals surface area contributed by atoms with Crippen molar-refractivity contribution in [1.29, 1.82) is 5.26 Å². The van der Waals surface area contributed by atoms with E-state index in [2.05, 4.69) is 21.7 Å². The van der Waals surface area contributed by atoms with Crippen LogP contribution >= 0.6 is 0 Å². The highest BCUT2D eigenvalue weighted by molar-refractivity contribution is 6.00. The van der Waals surface area contributed by atoms with Gasteiger partial charge in [0.15, 0.2) is 5.69 Å². The molecular weight excluding hydrogens is 332 g/mol. The van der Waals surface area contributed by atoms with Crippen molar-refractivity contribution in [2.75, 3.05) is 5.73 Å². The zero-order chi connectivity index (χ0) is 19.0. The molecule has 0 aliphatic heterocycles. The molecular formula is C23H16N4.